The molecule has 0 spiro atoms. The first-order chi connectivity index (χ1) is 9.00. The van der Waals surface area contributed by atoms with E-state index in [9.17, 15) is 19.5 Å². The van der Waals surface area contributed by atoms with Crippen LogP contribution in [0.3, 0.4) is 0 Å². The number of rotatable bonds is 6. The largest absolute Gasteiger partial charge is 0.480 e. The summed E-state index contributed by atoms with van der Waals surface area (Å²) in [6, 6.07) is -0.801. The summed E-state index contributed by atoms with van der Waals surface area (Å²) in [5, 5.41) is 14.3. The molecule has 0 aliphatic heterocycles. The van der Waals surface area contributed by atoms with Crippen LogP contribution >= 0.6 is 0 Å². The van der Waals surface area contributed by atoms with Crippen LogP contribution in [0, 0.1) is 5.92 Å². The molecule has 0 heterocycles. The van der Waals surface area contributed by atoms with Gasteiger partial charge in [0.15, 0.2) is 0 Å². The van der Waals surface area contributed by atoms with E-state index >= 15 is 0 Å². The second-order valence-electron chi connectivity index (χ2n) is 5.01. The van der Waals surface area contributed by atoms with Gasteiger partial charge in [-0.3, -0.25) is 9.59 Å². The maximum atomic E-state index is 11.7. The maximum Gasteiger partial charge on any atom is 0.326 e. The molecule has 0 aromatic rings. The zero-order valence-corrected chi connectivity index (χ0v) is 11.3. The van der Waals surface area contributed by atoms with E-state index in [1.165, 1.54) is 6.92 Å². The van der Waals surface area contributed by atoms with E-state index in [4.69, 9.17) is 0 Å². The van der Waals surface area contributed by atoms with Gasteiger partial charge >= 0.3 is 5.97 Å². The average molecular weight is 270 g/mol. The molecule has 1 aliphatic rings. The first kappa shape index (κ1) is 15.5. The number of carbonyl (C=O) groups excluding carboxylic acids is 2. The summed E-state index contributed by atoms with van der Waals surface area (Å²) in [7, 11) is 0. The average Bonchev–Trinajstić information content (AvgIpc) is 2.36. The van der Waals surface area contributed by atoms with Crippen molar-refractivity contribution in [3.05, 3.63) is 0 Å². The van der Waals surface area contributed by atoms with Crippen LogP contribution in [0.5, 0.6) is 0 Å². The highest BCUT2D eigenvalue weighted by atomic mass is 16.4. The van der Waals surface area contributed by atoms with Crippen LogP contribution in [0.15, 0.2) is 0 Å². The van der Waals surface area contributed by atoms with Crippen LogP contribution in [0.1, 0.15) is 45.4 Å². The predicted molar refractivity (Wildman–Crippen MR) is 69.4 cm³/mol. The molecule has 0 bridgehead atoms. The van der Waals surface area contributed by atoms with Crippen LogP contribution in [-0.2, 0) is 14.4 Å². The van der Waals surface area contributed by atoms with Gasteiger partial charge in [-0.1, -0.05) is 19.3 Å². The van der Waals surface area contributed by atoms with Gasteiger partial charge in [-0.15, -0.1) is 0 Å². The molecule has 6 heteroatoms. The van der Waals surface area contributed by atoms with E-state index in [1.54, 1.807) is 0 Å². The molecule has 2 amide bonds. The number of hydrogen-bond acceptors (Lipinski definition) is 3. The number of nitrogens with one attached hydrogen (secondary N) is 2. The van der Waals surface area contributed by atoms with Crippen LogP contribution in [0.25, 0.3) is 0 Å². The maximum absolute atomic E-state index is 11.7. The van der Waals surface area contributed by atoms with Crippen molar-refractivity contribution in [2.75, 3.05) is 6.54 Å². The number of carboxylic acids is 1. The molecular formula is C13H22N2O4. The van der Waals surface area contributed by atoms with E-state index in [-0.39, 0.29) is 30.7 Å². The Morgan fingerprint density at radius 2 is 1.84 bits per heavy atom. The standard InChI is InChI=1S/C13H22N2O4/c1-9(16)14-8-7-11(17)15-12(13(18)19)10-5-3-2-4-6-10/h10,12H,2-8H2,1H3,(H,14,16)(H,15,17)(H,18,19). The number of amides is 2. The molecule has 108 valence electrons. The lowest BCUT2D eigenvalue weighted by Gasteiger charge is -2.28. The van der Waals surface area contributed by atoms with Crippen molar-refractivity contribution in [1.82, 2.24) is 10.6 Å². The fraction of sp³-hybridized carbons (Fsp3) is 0.769. The van der Waals surface area contributed by atoms with E-state index < -0.39 is 12.0 Å². The molecular weight excluding hydrogens is 248 g/mol. The Labute approximate surface area is 112 Å². The lowest BCUT2D eigenvalue weighted by molar-refractivity contribution is -0.143. The molecule has 1 unspecified atom stereocenters. The third-order valence-corrected chi connectivity index (χ3v) is 3.43. The molecule has 19 heavy (non-hydrogen) atoms. The second kappa shape index (κ2) is 7.76. The second-order valence-corrected chi connectivity index (χ2v) is 5.01. The fourth-order valence-electron chi connectivity index (χ4n) is 2.45. The smallest absolute Gasteiger partial charge is 0.326 e. The van der Waals surface area contributed by atoms with Gasteiger partial charge in [-0.2, -0.15) is 0 Å². The summed E-state index contributed by atoms with van der Waals surface area (Å²) < 4.78 is 0. The quantitative estimate of drug-likeness (QED) is 0.660. The summed E-state index contributed by atoms with van der Waals surface area (Å²) >= 11 is 0. The lowest BCUT2D eigenvalue weighted by Crippen LogP contribution is -2.47. The van der Waals surface area contributed by atoms with Crippen molar-refractivity contribution in [2.24, 2.45) is 5.92 Å². The topological polar surface area (TPSA) is 95.5 Å². The molecule has 1 fully saturated rings. The van der Waals surface area contributed by atoms with E-state index in [1.807, 2.05) is 0 Å². The highest BCUT2D eigenvalue weighted by Crippen LogP contribution is 2.26. The number of carbonyl (C=O) groups is 3. The van der Waals surface area contributed by atoms with Gasteiger partial charge in [0.2, 0.25) is 11.8 Å². The lowest BCUT2D eigenvalue weighted by atomic mass is 9.84. The third-order valence-electron chi connectivity index (χ3n) is 3.43. The van der Waals surface area contributed by atoms with Gasteiger partial charge in [-0.25, -0.2) is 4.79 Å². The van der Waals surface area contributed by atoms with Gasteiger partial charge < -0.3 is 15.7 Å². The molecule has 1 atom stereocenters. The van der Waals surface area contributed by atoms with Crippen molar-refractivity contribution in [1.29, 1.82) is 0 Å². The van der Waals surface area contributed by atoms with E-state index in [0.717, 1.165) is 32.1 Å². The Morgan fingerprint density at radius 1 is 1.21 bits per heavy atom. The minimum atomic E-state index is -0.972. The molecule has 0 aromatic heterocycles. The zero-order chi connectivity index (χ0) is 14.3. The minimum absolute atomic E-state index is 0.0240. The van der Waals surface area contributed by atoms with E-state index in [0.29, 0.717) is 0 Å². The normalized spacial score (nSPS) is 17.5. The van der Waals surface area contributed by atoms with Crippen molar-refractivity contribution >= 4 is 17.8 Å². The van der Waals surface area contributed by atoms with Crippen LogP contribution in [0.2, 0.25) is 0 Å². The number of carboxylic acid groups (broad SMARTS) is 1. The SMILES string of the molecule is CC(=O)NCCC(=O)NC(C(=O)O)C1CCCCC1. The summed E-state index contributed by atoms with van der Waals surface area (Å²) in [6.07, 6.45) is 4.99. The Hall–Kier alpha value is -1.59. The molecule has 1 rings (SSSR count). The molecule has 0 saturated heterocycles. The monoisotopic (exact) mass is 270 g/mol. The van der Waals surface area contributed by atoms with Gasteiger partial charge in [0.05, 0.1) is 0 Å². The van der Waals surface area contributed by atoms with Gasteiger partial charge in [0, 0.05) is 19.9 Å². The predicted octanol–water partition coefficient (Wildman–Crippen LogP) is 0.662. The van der Waals surface area contributed by atoms with E-state index in [2.05, 4.69) is 10.6 Å². The Morgan fingerprint density at radius 3 is 2.37 bits per heavy atom. The Kier molecular flexibility index (Phi) is 6.32. The summed E-state index contributed by atoms with van der Waals surface area (Å²) in [5.74, 6) is -1.47. The number of hydrogen-bond donors (Lipinski definition) is 3. The molecule has 1 aliphatic carbocycles. The number of aliphatic carboxylic acids is 1. The third kappa shape index (κ3) is 5.72. The zero-order valence-electron chi connectivity index (χ0n) is 11.3. The first-order valence-corrected chi connectivity index (χ1v) is 6.77. The van der Waals surface area contributed by atoms with Gasteiger partial charge in [0.25, 0.3) is 0 Å². The Bertz CT molecular complexity index is 338. The Balaban J connectivity index is 2.41. The van der Waals surface area contributed by atoms with Gasteiger partial charge in [0.1, 0.15) is 6.04 Å². The molecule has 1 saturated carbocycles. The molecule has 6 nitrogen and oxygen atoms in total. The summed E-state index contributed by atoms with van der Waals surface area (Å²) in [6.45, 7) is 1.61. The minimum Gasteiger partial charge on any atom is -0.480 e. The summed E-state index contributed by atoms with van der Waals surface area (Å²) in [5.41, 5.74) is 0. The van der Waals surface area contributed by atoms with Gasteiger partial charge in [-0.05, 0) is 18.8 Å². The van der Waals surface area contributed by atoms with Crippen molar-refractivity contribution in [3.8, 4) is 0 Å². The first-order valence-electron chi connectivity index (χ1n) is 6.77. The fourth-order valence-corrected chi connectivity index (χ4v) is 2.45. The van der Waals surface area contributed by atoms with Crippen molar-refractivity contribution in [3.63, 3.8) is 0 Å². The highest BCUT2D eigenvalue weighted by Gasteiger charge is 2.30. The van der Waals surface area contributed by atoms with Crippen molar-refractivity contribution < 1.29 is 19.5 Å². The molecule has 0 radical (unpaired) electrons. The van der Waals surface area contributed by atoms with Crippen LogP contribution < -0.4 is 10.6 Å². The highest BCUT2D eigenvalue weighted by molar-refractivity contribution is 5.84. The molecule has 0 aromatic carbocycles. The van der Waals surface area contributed by atoms with Crippen LogP contribution in [-0.4, -0.2) is 35.5 Å². The van der Waals surface area contributed by atoms with Crippen molar-refractivity contribution in [2.45, 2.75) is 51.5 Å². The molecule has 3 N–H and O–H groups in total. The summed E-state index contributed by atoms with van der Waals surface area (Å²) in [4.78, 5) is 33.6. The van der Waals surface area contributed by atoms with Crippen LogP contribution in [0.4, 0.5) is 0 Å².